The minimum atomic E-state index is -0.607. The van der Waals surface area contributed by atoms with Crippen LogP contribution < -0.4 is 0 Å². The highest BCUT2D eigenvalue weighted by molar-refractivity contribution is 6.31. The molecule has 1 fully saturated rings. The number of rotatable bonds is 6. The molecule has 1 aliphatic rings. The van der Waals surface area contributed by atoms with Crippen molar-refractivity contribution >= 4 is 23.5 Å². The summed E-state index contributed by atoms with van der Waals surface area (Å²) in [4.78, 5) is 28.7. The largest absolute Gasteiger partial charge is 0.468 e. The molecule has 2 aromatic carbocycles. The normalized spacial score (nSPS) is 15.8. The highest BCUT2D eigenvalue weighted by atomic mass is 35.5. The van der Waals surface area contributed by atoms with Gasteiger partial charge in [0.1, 0.15) is 11.9 Å². The molecule has 0 N–H and O–H groups in total. The lowest BCUT2D eigenvalue weighted by atomic mass is 10.0. The molecule has 0 radical (unpaired) electrons. The zero-order valence-electron chi connectivity index (χ0n) is 16.3. The second-order valence-electron chi connectivity index (χ2n) is 6.96. The average molecular weight is 419 g/mol. The molecule has 7 heteroatoms. The highest BCUT2D eigenvalue weighted by Crippen LogP contribution is 2.29. The van der Waals surface area contributed by atoms with Crippen molar-refractivity contribution in [2.45, 2.75) is 18.9 Å². The van der Waals surface area contributed by atoms with Crippen LogP contribution in [0.4, 0.5) is 4.39 Å². The molecule has 0 aromatic heterocycles. The first kappa shape index (κ1) is 21.3. The second-order valence-corrected chi connectivity index (χ2v) is 7.36. The third kappa shape index (κ3) is 5.14. The standard InChI is InChI=1S/C22H24ClFN2O3/c1-29-22(28)21(17-7-3-4-8-18(17)23)26-14-12-25(13-15-26)20(27)11-10-16-6-2-5-9-19(16)24/h2-9,21H,10-15H2,1H3. The molecule has 1 atom stereocenters. The Bertz CT molecular complexity index is 869. The number of benzene rings is 2. The number of esters is 1. The summed E-state index contributed by atoms with van der Waals surface area (Å²) in [5, 5.41) is 0.506. The van der Waals surface area contributed by atoms with E-state index in [4.69, 9.17) is 16.3 Å². The number of nitrogens with zero attached hydrogens (tertiary/aromatic N) is 2. The number of aryl methyl sites for hydroxylation is 1. The van der Waals surface area contributed by atoms with E-state index in [0.717, 1.165) is 0 Å². The Morgan fingerprint density at radius 1 is 1.07 bits per heavy atom. The summed E-state index contributed by atoms with van der Waals surface area (Å²) in [7, 11) is 1.36. The van der Waals surface area contributed by atoms with Gasteiger partial charge in [0.15, 0.2) is 0 Å². The molecule has 1 aliphatic heterocycles. The molecule has 0 aliphatic carbocycles. The van der Waals surface area contributed by atoms with Gasteiger partial charge in [-0.05, 0) is 29.7 Å². The molecular formula is C22H24ClFN2O3. The number of carbonyl (C=O) groups excluding carboxylic acids is 2. The van der Waals surface area contributed by atoms with Gasteiger partial charge in [0.25, 0.3) is 0 Å². The molecule has 1 unspecified atom stereocenters. The number of methoxy groups -OCH3 is 1. The van der Waals surface area contributed by atoms with Crippen LogP contribution in [0.25, 0.3) is 0 Å². The summed E-state index contributed by atoms with van der Waals surface area (Å²) in [5.41, 5.74) is 1.24. The van der Waals surface area contributed by atoms with Crippen molar-refractivity contribution in [3.63, 3.8) is 0 Å². The van der Waals surface area contributed by atoms with Crippen molar-refractivity contribution < 1.29 is 18.7 Å². The van der Waals surface area contributed by atoms with Crippen molar-refractivity contribution in [1.29, 1.82) is 0 Å². The van der Waals surface area contributed by atoms with E-state index in [-0.39, 0.29) is 24.1 Å². The summed E-state index contributed by atoms with van der Waals surface area (Å²) in [6.07, 6.45) is 0.627. The number of halogens is 2. The lowest BCUT2D eigenvalue weighted by Crippen LogP contribution is -2.51. The summed E-state index contributed by atoms with van der Waals surface area (Å²) < 4.78 is 18.7. The van der Waals surface area contributed by atoms with Crippen molar-refractivity contribution in [2.75, 3.05) is 33.3 Å². The van der Waals surface area contributed by atoms with Crippen LogP contribution in [0.15, 0.2) is 48.5 Å². The van der Waals surface area contributed by atoms with Crippen molar-refractivity contribution in [3.8, 4) is 0 Å². The quantitative estimate of drug-likeness (QED) is 0.674. The van der Waals surface area contributed by atoms with Crippen molar-refractivity contribution in [2.24, 2.45) is 0 Å². The maximum absolute atomic E-state index is 13.7. The maximum atomic E-state index is 13.7. The first-order valence-corrected chi connectivity index (χ1v) is 9.96. The third-order valence-electron chi connectivity index (χ3n) is 5.22. The number of carbonyl (C=O) groups is 2. The van der Waals surface area contributed by atoms with Crippen LogP contribution in [0.3, 0.4) is 0 Å². The molecule has 1 amide bonds. The van der Waals surface area contributed by atoms with Crippen LogP contribution in [0, 0.1) is 5.82 Å². The van der Waals surface area contributed by atoms with E-state index in [9.17, 15) is 14.0 Å². The van der Waals surface area contributed by atoms with Crippen LogP contribution in [0.1, 0.15) is 23.6 Å². The van der Waals surface area contributed by atoms with Gasteiger partial charge in [-0.15, -0.1) is 0 Å². The fourth-order valence-corrected chi connectivity index (χ4v) is 3.85. The van der Waals surface area contributed by atoms with Crippen molar-refractivity contribution in [3.05, 3.63) is 70.5 Å². The fraction of sp³-hybridized carbons (Fsp3) is 0.364. The number of hydrogen-bond acceptors (Lipinski definition) is 4. The monoisotopic (exact) mass is 418 g/mol. The third-order valence-corrected chi connectivity index (χ3v) is 5.57. The molecule has 1 saturated heterocycles. The van der Waals surface area contributed by atoms with Crippen LogP contribution in [-0.2, 0) is 20.7 Å². The van der Waals surface area contributed by atoms with Crippen molar-refractivity contribution in [1.82, 2.24) is 9.80 Å². The molecular weight excluding hydrogens is 395 g/mol. The zero-order chi connectivity index (χ0) is 20.8. The number of piperazine rings is 1. The lowest BCUT2D eigenvalue weighted by Gasteiger charge is -2.38. The molecule has 0 bridgehead atoms. The minimum Gasteiger partial charge on any atom is -0.468 e. The maximum Gasteiger partial charge on any atom is 0.327 e. The smallest absolute Gasteiger partial charge is 0.327 e. The van der Waals surface area contributed by atoms with E-state index in [1.54, 1.807) is 29.2 Å². The summed E-state index contributed by atoms with van der Waals surface area (Å²) in [6, 6.07) is 13.1. The van der Waals surface area contributed by atoms with Gasteiger partial charge in [-0.1, -0.05) is 48.0 Å². The number of hydrogen-bond donors (Lipinski definition) is 0. The van der Waals surface area contributed by atoms with Crippen LogP contribution >= 0.6 is 11.6 Å². The predicted molar refractivity (Wildman–Crippen MR) is 109 cm³/mol. The van der Waals surface area contributed by atoms with Gasteiger partial charge in [-0.2, -0.15) is 0 Å². The minimum absolute atomic E-state index is 0.0136. The molecule has 0 spiro atoms. The Morgan fingerprint density at radius 3 is 2.38 bits per heavy atom. The van der Waals surface area contributed by atoms with E-state index >= 15 is 0 Å². The summed E-state index contributed by atoms with van der Waals surface area (Å²) >= 11 is 6.30. The number of amides is 1. The SMILES string of the molecule is COC(=O)C(c1ccccc1Cl)N1CCN(C(=O)CCc2ccccc2F)CC1. The highest BCUT2D eigenvalue weighted by Gasteiger charge is 2.33. The Morgan fingerprint density at radius 2 is 1.72 bits per heavy atom. The van der Waals surface area contributed by atoms with E-state index in [1.165, 1.54) is 13.2 Å². The first-order chi connectivity index (χ1) is 14.0. The van der Waals surface area contributed by atoms with Gasteiger partial charge in [-0.3, -0.25) is 9.69 Å². The van der Waals surface area contributed by atoms with Gasteiger partial charge in [0.2, 0.25) is 5.91 Å². The van der Waals surface area contributed by atoms with Gasteiger partial charge >= 0.3 is 5.97 Å². The molecule has 29 heavy (non-hydrogen) atoms. The number of ether oxygens (including phenoxy) is 1. The Balaban J connectivity index is 1.61. The van der Waals surface area contributed by atoms with Gasteiger partial charge in [0.05, 0.1) is 7.11 Å². The zero-order valence-corrected chi connectivity index (χ0v) is 17.1. The summed E-state index contributed by atoms with van der Waals surface area (Å²) in [6.45, 7) is 2.04. The van der Waals surface area contributed by atoms with E-state index in [1.807, 2.05) is 23.1 Å². The van der Waals surface area contributed by atoms with Gasteiger partial charge < -0.3 is 9.64 Å². The second kappa shape index (κ2) is 9.85. The predicted octanol–water partition coefficient (Wildman–Crippen LogP) is 3.47. The molecule has 0 saturated carbocycles. The Kier molecular flexibility index (Phi) is 7.23. The molecule has 3 rings (SSSR count). The Hall–Kier alpha value is -2.44. The average Bonchev–Trinajstić information content (AvgIpc) is 2.74. The molecule has 2 aromatic rings. The van der Waals surface area contributed by atoms with E-state index in [2.05, 4.69) is 0 Å². The van der Waals surface area contributed by atoms with Crippen LogP contribution in [-0.4, -0.2) is 55.0 Å². The van der Waals surface area contributed by atoms with Crippen LogP contribution in [0.2, 0.25) is 5.02 Å². The van der Waals surface area contributed by atoms with Crippen LogP contribution in [0.5, 0.6) is 0 Å². The van der Waals surface area contributed by atoms with E-state index in [0.29, 0.717) is 48.7 Å². The fourth-order valence-electron chi connectivity index (χ4n) is 3.61. The molecule has 154 valence electrons. The summed E-state index contributed by atoms with van der Waals surface area (Å²) in [5.74, 6) is -0.677. The molecule has 5 nitrogen and oxygen atoms in total. The lowest BCUT2D eigenvalue weighted by molar-refractivity contribution is -0.148. The Labute approximate surface area is 175 Å². The topological polar surface area (TPSA) is 49.9 Å². The van der Waals surface area contributed by atoms with E-state index < -0.39 is 6.04 Å². The van der Waals surface area contributed by atoms with Gasteiger partial charge in [-0.25, -0.2) is 9.18 Å². The first-order valence-electron chi connectivity index (χ1n) is 9.58. The van der Waals surface area contributed by atoms with Gasteiger partial charge in [0, 0.05) is 37.6 Å². The molecule has 1 heterocycles.